The summed E-state index contributed by atoms with van der Waals surface area (Å²) in [5.41, 5.74) is 1.92. The van der Waals surface area contributed by atoms with E-state index in [1.165, 1.54) is 25.3 Å². The second kappa shape index (κ2) is 8.78. The van der Waals surface area contributed by atoms with Crippen LogP contribution in [0.25, 0.3) is 10.8 Å². The smallest absolute Gasteiger partial charge is 0.434 e. The van der Waals surface area contributed by atoms with Crippen molar-refractivity contribution in [3.8, 4) is 5.75 Å². The third-order valence-electron chi connectivity index (χ3n) is 5.09. The van der Waals surface area contributed by atoms with E-state index in [9.17, 15) is 13.2 Å². The molecule has 0 saturated carbocycles. The van der Waals surface area contributed by atoms with Crippen LogP contribution in [0.3, 0.4) is 0 Å². The van der Waals surface area contributed by atoms with Gasteiger partial charge in [-0.3, -0.25) is 0 Å². The van der Waals surface area contributed by atoms with Gasteiger partial charge in [0.2, 0.25) is 15.9 Å². The van der Waals surface area contributed by atoms with Crippen LogP contribution in [0, 0.1) is 6.92 Å². The topological polar surface area (TPSA) is 114 Å². The number of ether oxygens (including phenoxy) is 1. The molecule has 0 aliphatic carbocycles. The molecule has 4 rings (SSSR count). The average Bonchev–Trinajstić information content (AvgIpc) is 3.19. The molecule has 0 unspecified atom stereocenters. The van der Waals surface area contributed by atoms with Crippen molar-refractivity contribution < 1.29 is 17.6 Å². The molecule has 32 heavy (non-hydrogen) atoms. The zero-order chi connectivity index (χ0) is 22.9. The number of nitrogens with zero attached hydrogens (tertiary/aromatic N) is 1. The third kappa shape index (κ3) is 4.40. The Bertz CT molecular complexity index is 1440. The van der Waals surface area contributed by atoms with Crippen LogP contribution in [0.4, 0.5) is 0 Å². The number of aryl methyl sites for hydroxylation is 1. The summed E-state index contributed by atoms with van der Waals surface area (Å²) in [6.07, 6.45) is 0.200. The van der Waals surface area contributed by atoms with Gasteiger partial charge >= 0.3 is 5.76 Å². The first-order valence-corrected chi connectivity index (χ1v) is 11.5. The minimum absolute atomic E-state index is 0.0721. The standard InChI is InChI=1S/C22H20ClN3O5S/c1-13-5-3-6-14-7-4-8-15(20(13)14)11-17(21-24-25-22(27)31-21)26-32(28,29)19-10-9-16(23)12-18(19)30-2/h3-10,12,17,26H,11H2,1-2H3,(H,25,27)/t17-/m0/s1. The summed E-state index contributed by atoms with van der Waals surface area (Å²) in [6.45, 7) is 1.98. The van der Waals surface area contributed by atoms with Crippen LogP contribution in [-0.4, -0.2) is 25.7 Å². The van der Waals surface area contributed by atoms with Gasteiger partial charge in [-0.1, -0.05) is 48.0 Å². The Morgan fingerprint density at radius 2 is 1.94 bits per heavy atom. The van der Waals surface area contributed by atoms with Gasteiger partial charge in [-0.25, -0.2) is 18.3 Å². The van der Waals surface area contributed by atoms with Crippen LogP contribution in [0.15, 0.2) is 68.7 Å². The van der Waals surface area contributed by atoms with Crippen LogP contribution in [0.2, 0.25) is 5.02 Å². The molecule has 166 valence electrons. The fourth-order valence-electron chi connectivity index (χ4n) is 3.69. The van der Waals surface area contributed by atoms with Gasteiger partial charge in [0.1, 0.15) is 16.7 Å². The second-order valence-corrected chi connectivity index (χ2v) is 9.33. The van der Waals surface area contributed by atoms with Crippen molar-refractivity contribution >= 4 is 32.4 Å². The molecule has 1 aromatic heterocycles. The van der Waals surface area contributed by atoms with E-state index < -0.39 is 21.8 Å². The van der Waals surface area contributed by atoms with E-state index >= 15 is 0 Å². The molecule has 0 amide bonds. The Kier molecular flexibility index (Phi) is 6.05. The van der Waals surface area contributed by atoms with Gasteiger partial charge < -0.3 is 9.15 Å². The highest BCUT2D eigenvalue weighted by molar-refractivity contribution is 7.89. The third-order valence-corrected chi connectivity index (χ3v) is 6.83. The van der Waals surface area contributed by atoms with Crippen LogP contribution < -0.4 is 15.2 Å². The number of hydrogen-bond donors (Lipinski definition) is 2. The monoisotopic (exact) mass is 473 g/mol. The highest BCUT2D eigenvalue weighted by Gasteiger charge is 2.28. The summed E-state index contributed by atoms with van der Waals surface area (Å²) >= 11 is 5.97. The molecule has 0 aliphatic heterocycles. The summed E-state index contributed by atoms with van der Waals surface area (Å²) in [5, 5.41) is 8.41. The summed E-state index contributed by atoms with van der Waals surface area (Å²) < 4.78 is 39.4. The molecule has 0 fully saturated rings. The van der Waals surface area contributed by atoms with Gasteiger partial charge in [-0.15, -0.1) is 5.10 Å². The highest BCUT2D eigenvalue weighted by Crippen LogP contribution is 2.30. The lowest BCUT2D eigenvalue weighted by Gasteiger charge is -2.18. The Hall–Kier alpha value is -3.14. The summed E-state index contributed by atoms with van der Waals surface area (Å²) in [7, 11) is -2.74. The average molecular weight is 474 g/mol. The number of benzene rings is 3. The van der Waals surface area contributed by atoms with Gasteiger partial charge in [0, 0.05) is 11.1 Å². The van der Waals surface area contributed by atoms with E-state index in [0.29, 0.717) is 5.02 Å². The van der Waals surface area contributed by atoms with E-state index in [2.05, 4.69) is 14.9 Å². The number of aromatic amines is 1. The molecule has 8 nitrogen and oxygen atoms in total. The van der Waals surface area contributed by atoms with Gasteiger partial charge in [0.15, 0.2) is 0 Å². The molecular weight excluding hydrogens is 454 g/mol. The molecule has 4 aromatic rings. The van der Waals surface area contributed by atoms with Crippen molar-refractivity contribution in [1.82, 2.24) is 14.9 Å². The molecule has 0 saturated heterocycles. The van der Waals surface area contributed by atoms with Crippen LogP contribution in [0.5, 0.6) is 5.75 Å². The van der Waals surface area contributed by atoms with E-state index in [0.717, 1.165) is 21.9 Å². The van der Waals surface area contributed by atoms with Crippen LogP contribution in [0.1, 0.15) is 23.1 Å². The first kappa shape index (κ1) is 22.1. The maximum Gasteiger partial charge on any atom is 0.434 e. The Balaban J connectivity index is 1.78. The normalized spacial score (nSPS) is 12.7. The van der Waals surface area contributed by atoms with Crippen LogP contribution >= 0.6 is 11.6 Å². The maximum atomic E-state index is 13.2. The zero-order valence-corrected chi connectivity index (χ0v) is 18.8. The molecule has 10 heteroatoms. The lowest BCUT2D eigenvalue weighted by atomic mass is 9.96. The Morgan fingerprint density at radius 3 is 2.62 bits per heavy atom. The number of sulfonamides is 1. The molecule has 2 N–H and O–H groups in total. The van der Waals surface area contributed by atoms with E-state index in [4.69, 9.17) is 20.8 Å². The van der Waals surface area contributed by atoms with Crippen molar-refractivity contribution in [2.45, 2.75) is 24.3 Å². The molecule has 3 aromatic carbocycles. The van der Waals surface area contributed by atoms with Crippen molar-refractivity contribution in [3.63, 3.8) is 0 Å². The number of methoxy groups -OCH3 is 1. The number of fused-ring (bicyclic) bond motifs is 1. The van der Waals surface area contributed by atoms with Crippen molar-refractivity contribution in [2.75, 3.05) is 7.11 Å². The molecule has 0 bridgehead atoms. The summed E-state index contributed by atoms with van der Waals surface area (Å²) in [4.78, 5) is 11.5. The minimum atomic E-state index is -4.09. The van der Waals surface area contributed by atoms with Gasteiger partial charge in [-0.2, -0.15) is 4.72 Å². The number of halogens is 1. The lowest BCUT2D eigenvalue weighted by molar-refractivity contribution is 0.397. The highest BCUT2D eigenvalue weighted by atomic mass is 35.5. The van der Waals surface area contributed by atoms with Crippen molar-refractivity contribution in [1.29, 1.82) is 0 Å². The predicted octanol–water partition coefficient (Wildman–Crippen LogP) is 3.75. The number of rotatable bonds is 7. The number of H-pyrrole nitrogens is 1. The maximum absolute atomic E-state index is 13.2. The zero-order valence-electron chi connectivity index (χ0n) is 17.3. The first-order valence-electron chi connectivity index (χ1n) is 9.67. The SMILES string of the molecule is COc1cc(Cl)ccc1S(=O)(=O)N[C@@H](Cc1cccc2cccc(C)c12)c1n[nH]c(=O)o1. The molecule has 1 atom stereocenters. The quantitative estimate of drug-likeness (QED) is 0.422. The lowest BCUT2D eigenvalue weighted by Crippen LogP contribution is -2.31. The largest absolute Gasteiger partial charge is 0.495 e. The number of aromatic nitrogens is 2. The van der Waals surface area contributed by atoms with E-state index in [1.807, 2.05) is 43.3 Å². The number of hydrogen-bond acceptors (Lipinski definition) is 6. The fourth-order valence-corrected chi connectivity index (χ4v) is 5.20. The minimum Gasteiger partial charge on any atom is -0.495 e. The molecule has 0 spiro atoms. The molecule has 1 heterocycles. The fraction of sp³-hybridized carbons (Fsp3) is 0.182. The van der Waals surface area contributed by atoms with E-state index in [-0.39, 0.29) is 23.0 Å². The molecule has 0 radical (unpaired) electrons. The van der Waals surface area contributed by atoms with Gasteiger partial charge in [0.25, 0.3) is 0 Å². The first-order chi connectivity index (χ1) is 15.3. The molecular formula is C22H20ClN3O5S. The van der Waals surface area contributed by atoms with Gasteiger partial charge in [0.05, 0.1) is 7.11 Å². The van der Waals surface area contributed by atoms with Crippen molar-refractivity contribution in [2.24, 2.45) is 0 Å². The predicted molar refractivity (Wildman–Crippen MR) is 121 cm³/mol. The molecule has 0 aliphatic rings. The van der Waals surface area contributed by atoms with Gasteiger partial charge in [-0.05, 0) is 47.4 Å². The Morgan fingerprint density at radius 1 is 1.19 bits per heavy atom. The van der Waals surface area contributed by atoms with Crippen LogP contribution in [-0.2, 0) is 16.4 Å². The van der Waals surface area contributed by atoms with Crippen molar-refractivity contribution in [3.05, 3.63) is 87.2 Å². The second-order valence-electron chi connectivity index (χ2n) is 7.21. The summed E-state index contributed by atoms with van der Waals surface area (Å²) in [6, 6.07) is 15.0. The van der Waals surface area contributed by atoms with E-state index in [1.54, 1.807) is 0 Å². The number of nitrogens with one attached hydrogen (secondary N) is 2. The summed E-state index contributed by atoms with van der Waals surface area (Å²) in [5.74, 6) is -0.757. The Labute approximate surface area is 189 Å².